The maximum atomic E-state index is 13.6. The van der Waals surface area contributed by atoms with Gasteiger partial charge in [0.1, 0.15) is 12.7 Å². The van der Waals surface area contributed by atoms with Crippen LogP contribution in [0.5, 0.6) is 5.88 Å². The summed E-state index contributed by atoms with van der Waals surface area (Å²) >= 11 is 0. The van der Waals surface area contributed by atoms with Crippen molar-refractivity contribution in [1.29, 1.82) is 0 Å². The highest BCUT2D eigenvalue weighted by Gasteiger charge is 2.40. The molecule has 0 aliphatic carbocycles. The van der Waals surface area contributed by atoms with Crippen molar-refractivity contribution in [2.75, 3.05) is 41.4 Å². The van der Waals surface area contributed by atoms with E-state index in [4.69, 9.17) is 19.2 Å². The van der Waals surface area contributed by atoms with Gasteiger partial charge in [0.2, 0.25) is 5.88 Å². The van der Waals surface area contributed by atoms with E-state index >= 15 is 0 Å². The second-order valence-corrected chi connectivity index (χ2v) is 9.92. The van der Waals surface area contributed by atoms with Crippen LogP contribution < -0.4 is 19.9 Å². The SMILES string of the molecule is Cc1ccc(-c2ccc3c(n2)N(C(=O)Nc2cncc(OCC4COC(C)(C)O4)n2)[C@H]2CCN3C2)cn1. The molecule has 0 radical (unpaired) electrons. The van der Waals surface area contributed by atoms with Crippen molar-refractivity contribution in [1.82, 2.24) is 19.9 Å². The van der Waals surface area contributed by atoms with Gasteiger partial charge in [-0.3, -0.25) is 20.2 Å². The maximum Gasteiger partial charge on any atom is 0.329 e. The van der Waals surface area contributed by atoms with Crippen LogP contribution in [0.2, 0.25) is 0 Å². The summed E-state index contributed by atoms with van der Waals surface area (Å²) in [5.41, 5.74) is 3.55. The molecule has 0 aromatic carbocycles. The van der Waals surface area contributed by atoms with Crippen LogP contribution in [0.4, 0.5) is 22.1 Å². The fourth-order valence-electron chi connectivity index (χ4n) is 4.92. The molecule has 0 saturated carbocycles. The first kappa shape index (κ1) is 23.6. The average Bonchev–Trinajstić information content (AvgIpc) is 3.46. The predicted molar refractivity (Wildman–Crippen MR) is 137 cm³/mol. The number of ether oxygens (including phenoxy) is 3. The lowest BCUT2D eigenvalue weighted by molar-refractivity contribution is -0.141. The van der Waals surface area contributed by atoms with Crippen LogP contribution in [0.25, 0.3) is 11.3 Å². The molecule has 3 aromatic heterocycles. The van der Waals surface area contributed by atoms with Gasteiger partial charge in [-0.25, -0.2) is 9.78 Å². The van der Waals surface area contributed by atoms with E-state index in [0.29, 0.717) is 24.1 Å². The van der Waals surface area contributed by atoms with E-state index in [1.54, 1.807) is 11.1 Å². The third-order valence-electron chi connectivity index (χ3n) is 6.71. The third-order valence-corrected chi connectivity index (χ3v) is 6.71. The smallest absolute Gasteiger partial charge is 0.329 e. The predicted octanol–water partition coefficient (Wildman–Crippen LogP) is 3.40. The Morgan fingerprint density at radius 3 is 2.86 bits per heavy atom. The van der Waals surface area contributed by atoms with Crippen molar-refractivity contribution in [3.63, 3.8) is 0 Å². The quantitative estimate of drug-likeness (QED) is 0.559. The van der Waals surface area contributed by atoms with Gasteiger partial charge in [0, 0.05) is 30.5 Å². The number of hydrogen-bond acceptors (Lipinski definition) is 9. The molecular formula is C26H29N7O4. The topological polar surface area (TPSA) is 115 Å². The van der Waals surface area contributed by atoms with E-state index in [2.05, 4.69) is 25.2 Å². The molecule has 2 fully saturated rings. The van der Waals surface area contributed by atoms with Crippen molar-refractivity contribution in [2.45, 2.75) is 45.1 Å². The summed E-state index contributed by atoms with van der Waals surface area (Å²) in [6.07, 6.45) is 5.47. The summed E-state index contributed by atoms with van der Waals surface area (Å²) in [7, 11) is 0. The number of urea groups is 1. The summed E-state index contributed by atoms with van der Waals surface area (Å²) in [5.74, 6) is 0.599. The highest BCUT2D eigenvalue weighted by Crippen LogP contribution is 2.40. The van der Waals surface area contributed by atoms with Crippen molar-refractivity contribution in [2.24, 2.45) is 0 Å². The minimum Gasteiger partial charge on any atom is -0.474 e. The summed E-state index contributed by atoms with van der Waals surface area (Å²) in [6, 6.07) is 7.66. The van der Waals surface area contributed by atoms with Crippen LogP contribution in [-0.4, -0.2) is 70.2 Å². The molecule has 37 heavy (non-hydrogen) atoms. The second-order valence-electron chi connectivity index (χ2n) is 9.92. The molecule has 11 nitrogen and oxygen atoms in total. The minimum absolute atomic E-state index is 0.0154. The minimum atomic E-state index is -0.625. The second kappa shape index (κ2) is 9.24. The summed E-state index contributed by atoms with van der Waals surface area (Å²) in [5, 5.41) is 2.89. The lowest BCUT2D eigenvalue weighted by Gasteiger charge is -2.35. The number of carbonyl (C=O) groups excluding carboxylic acids is 1. The summed E-state index contributed by atoms with van der Waals surface area (Å²) in [6.45, 7) is 8.03. The van der Waals surface area contributed by atoms with Crippen molar-refractivity contribution >= 4 is 23.4 Å². The zero-order valence-electron chi connectivity index (χ0n) is 21.0. The zero-order chi connectivity index (χ0) is 25.6. The van der Waals surface area contributed by atoms with Crippen LogP contribution in [-0.2, 0) is 9.47 Å². The number of aryl methyl sites for hydroxylation is 1. The first-order valence-electron chi connectivity index (χ1n) is 12.4. The molecule has 3 aromatic rings. The lowest BCUT2D eigenvalue weighted by atomic mass is 10.1. The Bertz CT molecular complexity index is 1320. The van der Waals surface area contributed by atoms with Gasteiger partial charge < -0.3 is 19.1 Å². The van der Waals surface area contributed by atoms with Gasteiger partial charge in [-0.05, 0) is 51.5 Å². The van der Waals surface area contributed by atoms with Crippen LogP contribution in [0.1, 0.15) is 26.0 Å². The fraction of sp³-hybridized carbons (Fsp3) is 0.423. The van der Waals surface area contributed by atoms with E-state index in [0.717, 1.165) is 42.1 Å². The number of amides is 2. The molecule has 2 bridgehead atoms. The molecule has 11 heteroatoms. The molecule has 0 spiro atoms. The number of anilines is 3. The Morgan fingerprint density at radius 2 is 2.08 bits per heavy atom. The van der Waals surface area contributed by atoms with Gasteiger partial charge >= 0.3 is 6.03 Å². The van der Waals surface area contributed by atoms with E-state index in [1.165, 1.54) is 12.4 Å². The number of carbonyl (C=O) groups is 1. The van der Waals surface area contributed by atoms with Crippen LogP contribution in [0.3, 0.4) is 0 Å². The molecule has 3 aliphatic rings. The third kappa shape index (κ3) is 4.79. The number of nitrogens with one attached hydrogen (secondary N) is 1. The van der Waals surface area contributed by atoms with Crippen molar-refractivity contribution in [3.8, 4) is 17.1 Å². The zero-order valence-corrected chi connectivity index (χ0v) is 21.0. The van der Waals surface area contributed by atoms with Crippen LogP contribution >= 0.6 is 0 Å². The normalized spacial score (nSPS) is 21.6. The Balaban J connectivity index is 1.20. The molecule has 2 amide bonds. The Hall–Kier alpha value is -3.83. The molecule has 6 heterocycles. The largest absolute Gasteiger partial charge is 0.474 e. The number of rotatable bonds is 5. The monoisotopic (exact) mass is 503 g/mol. The number of aromatic nitrogens is 4. The van der Waals surface area contributed by atoms with Gasteiger partial charge in [0.15, 0.2) is 17.4 Å². The van der Waals surface area contributed by atoms with Crippen molar-refractivity contribution < 1.29 is 19.0 Å². The molecule has 6 rings (SSSR count). The molecule has 1 unspecified atom stereocenters. The van der Waals surface area contributed by atoms with Crippen molar-refractivity contribution in [3.05, 3.63) is 48.5 Å². The first-order chi connectivity index (χ1) is 17.8. The molecular weight excluding hydrogens is 474 g/mol. The highest BCUT2D eigenvalue weighted by molar-refractivity contribution is 6.04. The molecule has 2 saturated heterocycles. The first-order valence-corrected chi connectivity index (χ1v) is 12.4. The Labute approximate surface area is 214 Å². The van der Waals surface area contributed by atoms with Gasteiger partial charge in [0.25, 0.3) is 0 Å². The Kier molecular flexibility index (Phi) is 5.88. The van der Waals surface area contributed by atoms with Gasteiger partial charge in [0.05, 0.1) is 36.4 Å². The fourth-order valence-corrected chi connectivity index (χ4v) is 4.92. The van der Waals surface area contributed by atoms with Crippen LogP contribution in [0, 0.1) is 6.92 Å². The van der Waals surface area contributed by atoms with E-state index in [9.17, 15) is 4.79 Å². The lowest BCUT2D eigenvalue weighted by Crippen LogP contribution is -2.48. The number of hydrogen-bond donors (Lipinski definition) is 1. The van der Waals surface area contributed by atoms with Gasteiger partial charge in [-0.1, -0.05) is 0 Å². The maximum absolute atomic E-state index is 13.6. The van der Waals surface area contributed by atoms with E-state index in [1.807, 2.05) is 45.0 Å². The average molecular weight is 504 g/mol. The highest BCUT2D eigenvalue weighted by atomic mass is 16.7. The van der Waals surface area contributed by atoms with Crippen LogP contribution in [0.15, 0.2) is 42.9 Å². The van der Waals surface area contributed by atoms with Gasteiger partial charge in [-0.15, -0.1) is 0 Å². The van der Waals surface area contributed by atoms with Gasteiger partial charge in [-0.2, -0.15) is 4.98 Å². The summed E-state index contributed by atoms with van der Waals surface area (Å²) < 4.78 is 17.1. The van der Waals surface area contributed by atoms with E-state index < -0.39 is 5.79 Å². The molecule has 192 valence electrons. The number of fused-ring (bicyclic) bond motifs is 4. The standard InChI is InChI=1S/C26H29N7O4/c1-16-4-5-17(10-28-16)20-6-7-21-24(29-20)33(18-8-9-32(21)13-18)25(34)31-22-11-27-12-23(30-22)35-14-19-15-36-26(2,3)37-19/h4-7,10-12,18-19H,8-9,13-15H2,1-3H3,(H,30,31,34)/t18-,19?/m0/s1. The molecule has 1 N–H and O–H groups in total. The Morgan fingerprint density at radius 1 is 1.19 bits per heavy atom. The molecule has 3 aliphatic heterocycles. The van der Waals surface area contributed by atoms with E-state index in [-0.39, 0.29) is 24.8 Å². The molecule has 2 atom stereocenters. The summed E-state index contributed by atoms with van der Waals surface area (Å²) in [4.78, 5) is 35.5. The number of pyridine rings is 2. The number of nitrogens with zero attached hydrogens (tertiary/aromatic N) is 6.